The molecule has 1 aromatic heterocycles. The lowest BCUT2D eigenvalue weighted by Crippen LogP contribution is -2.47. The number of piperidine rings is 1. The summed E-state index contributed by atoms with van der Waals surface area (Å²) in [7, 11) is 1.15. The number of carbonyl (C=O) groups excluding carboxylic acids is 1. The molecule has 0 aromatic carbocycles. The smallest absolute Gasteiger partial charge is 0.343 e. The Hall–Kier alpha value is -2.22. The van der Waals surface area contributed by atoms with E-state index in [1.54, 1.807) is 0 Å². The summed E-state index contributed by atoms with van der Waals surface area (Å²) < 4.78 is 5.84. The number of aromatic nitrogens is 1. The molecule has 24 heavy (non-hydrogen) atoms. The van der Waals surface area contributed by atoms with E-state index in [9.17, 15) is 19.7 Å². The summed E-state index contributed by atoms with van der Waals surface area (Å²) >= 11 is 0. The van der Waals surface area contributed by atoms with Crippen molar-refractivity contribution in [1.82, 2.24) is 9.47 Å². The van der Waals surface area contributed by atoms with Crippen LogP contribution < -0.4 is 5.56 Å². The van der Waals surface area contributed by atoms with E-state index in [-0.39, 0.29) is 17.3 Å². The van der Waals surface area contributed by atoms with Gasteiger partial charge in [0.2, 0.25) is 0 Å². The molecule has 0 unspecified atom stereocenters. The fraction of sp³-hybridized carbons (Fsp3) is 0.625. The van der Waals surface area contributed by atoms with Crippen molar-refractivity contribution in [3.8, 4) is 0 Å². The van der Waals surface area contributed by atoms with Crippen LogP contribution >= 0.6 is 0 Å². The van der Waals surface area contributed by atoms with Gasteiger partial charge in [0.25, 0.3) is 11.2 Å². The molecule has 0 N–H and O–H groups in total. The fourth-order valence-corrected chi connectivity index (χ4v) is 3.24. The zero-order valence-electron chi connectivity index (χ0n) is 14.2. The lowest BCUT2D eigenvalue weighted by Gasteiger charge is -2.38. The molecule has 2 rings (SSSR count). The minimum absolute atomic E-state index is 0.115. The van der Waals surface area contributed by atoms with E-state index in [0.29, 0.717) is 12.6 Å². The van der Waals surface area contributed by atoms with Gasteiger partial charge in [-0.05, 0) is 33.2 Å². The van der Waals surface area contributed by atoms with Gasteiger partial charge in [0, 0.05) is 24.7 Å². The molecule has 8 nitrogen and oxygen atoms in total. The second-order valence-corrected chi connectivity index (χ2v) is 6.30. The maximum absolute atomic E-state index is 12.5. The molecule has 1 aromatic rings. The average Bonchev–Trinajstić information content (AvgIpc) is 2.56. The predicted octanol–water partition coefficient (Wildman–Crippen LogP) is 1.81. The molecule has 1 aliphatic heterocycles. The van der Waals surface area contributed by atoms with Crippen LogP contribution in [0.15, 0.2) is 17.1 Å². The summed E-state index contributed by atoms with van der Waals surface area (Å²) in [6.45, 7) is 5.45. The number of rotatable bonds is 5. The molecule has 1 saturated heterocycles. The van der Waals surface area contributed by atoms with Crippen molar-refractivity contribution >= 4 is 11.7 Å². The number of esters is 1. The first-order chi connectivity index (χ1) is 11.3. The van der Waals surface area contributed by atoms with Gasteiger partial charge in [-0.1, -0.05) is 6.42 Å². The van der Waals surface area contributed by atoms with E-state index in [2.05, 4.69) is 23.5 Å². The molecule has 0 spiro atoms. The Bertz CT molecular complexity index is 683. The Balaban J connectivity index is 2.41. The first-order valence-corrected chi connectivity index (χ1v) is 8.08. The standard InChI is InChI=1S/C16H23N3O5/c1-11(2)18-7-5-4-6-12(18)9-17-10-13(19(22)23)8-14(15(17)20)16(21)24-3/h8,10-12H,4-7,9H2,1-3H3/t12-/m0/s1. The zero-order valence-corrected chi connectivity index (χ0v) is 14.2. The summed E-state index contributed by atoms with van der Waals surface area (Å²) in [5, 5.41) is 11.1. The van der Waals surface area contributed by atoms with Crippen LogP contribution in [0.3, 0.4) is 0 Å². The van der Waals surface area contributed by atoms with Crippen molar-refractivity contribution in [1.29, 1.82) is 0 Å². The van der Waals surface area contributed by atoms with Gasteiger partial charge in [-0.25, -0.2) is 4.79 Å². The summed E-state index contributed by atoms with van der Waals surface area (Å²) in [5.41, 5.74) is -1.15. The van der Waals surface area contributed by atoms with E-state index in [4.69, 9.17) is 0 Å². The number of hydrogen-bond donors (Lipinski definition) is 0. The highest BCUT2D eigenvalue weighted by Gasteiger charge is 2.27. The van der Waals surface area contributed by atoms with Crippen LogP contribution in [-0.4, -0.2) is 46.1 Å². The first kappa shape index (κ1) is 18.1. The van der Waals surface area contributed by atoms with Gasteiger partial charge in [0.15, 0.2) is 0 Å². The van der Waals surface area contributed by atoms with Crippen LogP contribution in [0.5, 0.6) is 0 Å². The van der Waals surface area contributed by atoms with Crippen LogP contribution in [0.4, 0.5) is 5.69 Å². The molecular formula is C16H23N3O5. The monoisotopic (exact) mass is 337 g/mol. The van der Waals surface area contributed by atoms with Gasteiger partial charge in [-0.2, -0.15) is 0 Å². The van der Waals surface area contributed by atoms with Crippen LogP contribution in [0.2, 0.25) is 0 Å². The third-order valence-electron chi connectivity index (χ3n) is 4.43. The van der Waals surface area contributed by atoms with Crippen molar-refractivity contribution in [3.63, 3.8) is 0 Å². The second-order valence-electron chi connectivity index (χ2n) is 6.30. The van der Waals surface area contributed by atoms with E-state index in [0.717, 1.165) is 39.0 Å². The molecule has 0 radical (unpaired) electrons. The highest BCUT2D eigenvalue weighted by molar-refractivity contribution is 5.89. The van der Waals surface area contributed by atoms with Crippen molar-refractivity contribution in [2.45, 2.75) is 51.7 Å². The number of likely N-dealkylation sites (tertiary alicyclic amines) is 1. The number of nitro groups is 1. The topological polar surface area (TPSA) is 94.7 Å². The summed E-state index contributed by atoms with van der Waals surface area (Å²) in [6.07, 6.45) is 4.29. The summed E-state index contributed by atoms with van der Waals surface area (Å²) in [6, 6.07) is 1.42. The molecule has 1 fully saturated rings. The maximum Gasteiger partial charge on any atom is 0.343 e. The van der Waals surface area contributed by atoms with Crippen LogP contribution in [0.1, 0.15) is 43.5 Å². The number of ether oxygens (including phenoxy) is 1. The molecule has 0 amide bonds. The van der Waals surface area contributed by atoms with Crippen LogP contribution in [0, 0.1) is 10.1 Å². The van der Waals surface area contributed by atoms with Gasteiger partial charge >= 0.3 is 5.97 Å². The maximum atomic E-state index is 12.5. The fourth-order valence-electron chi connectivity index (χ4n) is 3.24. The third-order valence-corrected chi connectivity index (χ3v) is 4.43. The van der Waals surface area contributed by atoms with E-state index < -0.39 is 16.5 Å². The quantitative estimate of drug-likeness (QED) is 0.462. The molecule has 1 aliphatic rings. The van der Waals surface area contributed by atoms with Gasteiger partial charge in [-0.15, -0.1) is 0 Å². The molecule has 0 saturated carbocycles. The van der Waals surface area contributed by atoms with E-state index in [1.165, 1.54) is 10.8 Å². The Morgan fingerprint density at radius 3 is 2.75 bits per heavy atom. The van der Waals surface area contributed by atoms with Crippen molar-refractivity contribution in [2.24, 2.45) is 0 Å². The minimum Gasteiger partial charge on any atom is -0.465 e. The molecule has 0 bridgehead atoms. The largest absolute Gasteiger partial charge is 0.465 e. The Morgan fingerprint density at radius 2 is 2.17 bits per heavy atom. The number of pyridine rings is 1. The second kappa shape index (κ2) is 7.57. The molecular weight excluding hydrogens is 314 g/mol. The Morgan fingerprint density at radius 1 is 1.46 bits per heavy atom. The minimum atomic E-state index is -0.859. The molecule has 8 heteroatoms. The van der Waals surface area contributed by atoms with Crippen molar-refractivity contribution in [2.75, 3.05) is 13.7 Å². The third kappa shape index (κ3) is 3.81. The highest BCUT2D eigenvalue weighted by atomic mass is 16.6. The highest BCUT2D eigenvalue weighted by Crippen LogP contribution is 2.21. The Kier molecular flexibility index (Phi) is 5.71. The van der Waals surface area contributed by atoms with Crippen LogP contribution in [-0.2, 0) is 11.3 Å². The molecule has 2 heterocycles. The lowest BCUT2D eigenvalue weighted by atomic mass is 10.00. The van der Waals surface area contributed by atoms with Gasteiger partial charge < -0.3 is 9.30 Å². The Labute approximate surface area is 140 Å². The summed E-state index contributed by atoms with van der Waals surface area (Å²) in [5.74, 6) is -0.859. The first-order valence-electron chi connectivity index (χ1n) is 8.08. The van der Waals surface area contributed by atoms with Crippen molar-refractivity contribution < 1.29 is 14.5 Å². The number of nitrogens with zero attached hydrogens (tertiary/aromatic N) is 3. The normalized spacial score (nSPS) is 18.6. The van der Waals surface area contributed by atoms with Gasteiger partial charge in [-0.3, -0.25) is 19.8 Å². The van der Waals surface area contributed by atoms with E-state index in [1.807, 2.05) is 0 Å². The predicted molar refractivity (Wildman–Crippen MR) is 88.2 cm³/mol. The van der Waals surface area contributed by atoms with E-state index >= 15 is 0 Å². The molecule has 0 aliphatic carbocycles. The van der Waals surface area contributed by atoms with Crippen molar-refractivity contribution in [3.05, 3.63) is 38.3 Å². The van der Waals surface area contributed by atoms with Crippen LogP contribution in [0.25, 0.3) is 0 Å². The number of carbonyl (C=O) groups is 1. The SMILES string of the molecule is COC(=O)c1cc([N+](=O)[O-])cn(C[C@@H]2CCCCN2C(C)C)c1=O. The zero-order chi connectivity index (χ0) is 17.9. The number of hydrogen-bond acceptors (Lipinski definition) is 6. The average molecular weight is 337 g/mol. The summed E-state index contributed by atoms with van der Waals surface area (Å²) in [4.78, 5) is 37.1. The lowest BCUT2D eigenvalue weighted by molar-refractivity contribution is -0.385. The van der Waals surface area contributed by atoms with Gasteiger partial charge in [0.05, 0.1) is 18.2 Å². The molecule has 1 atom stereocenters. The number of methoxy groups -OCH3 is 1. The van der Waals surface area contributed by atoms with Gasteiger partial charge in [0.1, 0.15) is 5.56 Å². The molecule has 132 valence electrons.